The third kappa shape index (κ3) is 4.47. The van der Waals surface area contributed by atoms with E-state index in [1.54, 1.807) is 31.2 Å². The molecule has 1 aliphatic heterocycles. The number of thioether (sulfide) groups is 1. The molecule has 6 nitrogen and oxygen atoms in total. The predicted molar refractivity (Wildman–Crippen MR) is 111 cm³/mol. The topological polar surface area (TPSA) is 80.6 Å². The summed E-state index contributed by atoms with van der Waals surface area (Å²) in [4.78, 5) is 24.5. The van der Waals surface area contributed by atoms with Gasteiger partial charge in [0.25, 0.3) is 5.91 Å². The molecule has 0 radical (unpaired) electrons. The quantitative estimate of drug-likeness (QED) is 0.383. The standard InChI is InChI=1S/C17H12Cl2N2O4S2/c1-2-24-16(23)12-13(19)10(7-11-14(22)21-17(26)27-11)25-15(12)20-9-5-3-8(18)4-6-9/h3-7,20H,2H2,1H3,(H,21,22,26)/b11-7+. The van der Waals surface area contributed by atoms with E-state index in [1.165, 1.54) is 6.08 Å². The highest BCUT2D eigenvalue weighted by atomic mass is 35.5. The second kappa shape index (κ2) is 8.35. The van der Waals surface area contributed by atoms with Crippen LogP contribution in [0.4, 0.5) is 11.6 Å². The molecular formula is C17H12Cl2N2O4S2. The molecule has 0 unspecified atom stereocenters. The molecule has 10 heteroatoms. The van der Waals surface area contributed by atoms with Crippen molar-refractivity contribution in [2.75, 3.05) is 11.9 Å². The van der Waals surface area contributed by atoms with E-state index >= 15 is 0 Å². The zero-order valence-electron chi connectivity index (χ0n) is 13.8. The summed E-state index contributed by atoms with van der Waals surface area (Å²) in [6.07, 6.45) is 1.43. The van der Waals surface area contributed by atoms with Crippen molar-refractivity contribution in [2.45, 2.75) is 6.92 Å². The first-order chi connectivity index (χ1) is 12.9. The summed E-state index contributed by atoms with van der Waals surface area (Å²) in [5.41, 5.74) is 0.662. The van der Waals surface area contributed by atoms with Crippen molar-refractivity contribution in [1.29, 1.82) is 0 Å². The average molecular weight is 443 g/mol. The number of hydrogen-bond acceptors (Lipinski definition) is 7. The normalized spacial score (nSPS) is 15.1. The summed E-state index contributed by atoms with van der Waals surface area (Å²) in [6.45, 7) is 1.85. The Morgan fingerprint density at radius 1 is 1.37 bits per heavy atom. The van der Waals surface area contributed by atoms with E-state index in [-0.39, 0.29) is 34.7 Å². The molecule has 1 aromatic heterocycles. The number of esters is 1. The predicted octanol–water partition coefficient (Wildman–Crippen LogP) is 5.00. The van der Waals surface area contributed by atoms with Crippen LogP contribution in [0.2, 0.25) is 10.0 Å². The molecular weight excluding hydrogens is 431 g/mol. The van der Waals surface area contributed by atoms with Gasteiger partial charge < -0.3 is 19.8 Å². The zero-order chi connectivity index (χ0) is 19.6. The van der Waals surface area contributed by atoms with Gasteiger partial charge in [-0.25, -0.2) is 4.79 Å². The highest BCUT2D eigenvalue weighted by Gasteiger charge is 2.28. The van der Waals surface area contributed by atoms with Crippen LogP contribution in [-0.2, 0) is 9.53 Å². The van der Waals surface area contributed by atoms with E-state index < -0.39 is 5.97 Å². The van der Waals surface area contributed by atoms with Gasteiger partial charge in [-0.3, -0.25) is 4.79 Å². The highest BCUT2D eigenvalue weighted by Crippen LogP contribution is 2.37. The van der Waals surface area contributed by atoms with Crippen molar-refractivity contribution in [3.63, 3.8) is 0 Å². The molecule has 0 saturated carbocycles. The maximum atomic E-state index is 12.3. The number of amides is 1. The Balaban J connectivity index is 2.01. The van der Waals surface area contributed by atoms with Crippen LogP contribution in [0.3, 0.4) is 0 Å². The molecule has 2 N–H and O–H groups in total. The average Bonchev–Trinajstić information content (AvgIpc) is 3.09. The maximum Gasteiger partial charge on any atom is 0.345 e. The molecule has 3 rings (SSSR count). The van der Waals surface area contributed by atoms with Crippen molar-refractivity contribution in [2.24, 2.45) is 0 Å². The molecule has 1 aromatic carbocycles. The van der Waals surface area contributed by atoms with Gasteiger partial charge in [0, 0.05) is 16.8 Å². The van der Waals surface area contributed by atoms with Crippen molar-refractivity contribution in [1.82, 2.24) is 5.32 Å². The molecule has 0 aliphatic carbocycles. The van der Waals surface area contributed by atoms with Crippen molar-refractivity contribution in [3.8, 4) is 0 Å². The monoisotopic (exact) mass is 442 g/mol. The van der Waals surface area contributed by atoms with E-state index in [0.717, 1.165) is 11.8 Å². The molecule has 0 bridgehead atoms. The fourth-order valence-electron chi connectivity index (χ4n) is 2.20. The fourth-order valence-corrected chi connectivity index (χ4v) is 3.60. The van der Waals surface area contributed by atoms with Crippen LogP contribution in [-0.4, -0.2) is 22.8 Å². The van der Waals surface area contributed by atoms with E-state index in [0.29, 0.717) is 19.9 Å². The number of thiocarbonyl (C=S) groups is 1. The van der Waals surface area contributed by atoms with Crippen LogP contribution >= 0.6 is 47.2 Å². The Morgan fingerprint density at radius 3 is 2.67 bits per heavy atom. The number of benzene rings is 1. The minimum atomic E-state index is -0.647. The third-order valence-corrected chi connectivity index (χ3v) is 5.15. The Labute approximate surface area is 174 Å². The number of rotatable bonds is 5. The van der Waals surface area contributed by atoms with Crippen LogP contribution in [0.1, 0.15) is 23.0 Å². The van der Waals surface area contributed by atoms with Gasteiger partial charge in [0.1, 0.15) is 20.7 Å². The number of hydrogen-bond donors (Lipinski definition) is 2. The number of furan rings is 1. The molecule has 1 amide bonds. The number of nitrogens with one attached hydrogen (secondary N) is 2. The summed E-state index contributed by atoms with van der Waals surface area (Å²) < 4.78 is 11.1. The molecule has 2 aromatic rings. The van der Waals surface area contributed by atoms with E-state index in [4.69, 9.17) is 44.6 Å². The minimum Gasteiger partial charge on any atom is -0.462 e. The van der Waals surface area contributed by atoms with Crippen LogP contribution in [0.5, 0.6) is 0 Å². The van der Waals surface area contributed by atoms with Gasteiger partial charge in [-0.1, -0.05) is 47.2 Å². The summed E-state index contributed by atoms with van der Waals surface area (Å²) in [5.74, 6) is -0.772. The second-order valence-corrected chi connectivity index (χ2v) is 7.72. The number of anilines is 2. The molecule has 140 valence electrons. The Bertz CT molecular complexity index is 955. The Morgan fingerprint density at radius 2 is 2.07 bits per heavy atom. The first kappa shape index (κ1) is 19.8. The van der Waals surface area contributed by atoms with Crippen molar-refractivity contribution < 1.29 is 18.7 Å². The Kier molecular flexibility index (Phi) is 6.11. The second-order valence-electron chi connectivity index (χ2n) is 5.19. The molecule has 0 spiro atoms. The lowest BCUT2D eigenvalue weighted by atomic mass is 10.2. The highest BCUT2D eigenvalue weighted by molar-refractivity contribution is 8.26. The van der Waals surface area contributed by atoms with E-state index in [1.807, 2.05) is 0 Å². The van der Waals surface area contributed by atoms with Gasteiger partial charge in [-0.15, -0.1) is 0 Å². The van der Waals surface area contributed by atoms with Gasteiger partial charge in [0.2, 0.25) is 5.88 Å². The summed E-state index contributed by atoms with van der Waals surface area (Å²) >= 11 is 18.3. The largest absolute Gasteiger partial charge is 0.462 e. The van der Waals surface area contributed by atoms with E-state index in [9.17, 15) is 9.59 Å². The van der Waals surface area contributed by atoms with Crippen LogP contribution in [0, 0.1) is 0 Å². The van der Waals surface area contributed by atoms with Gasteiger partial charge in [0.15, 0.2) is 0 Å². The first-order valence-corrected chi connectivity index (χ1v) is 9.64. The minimum absolute atomic E-state index is 0.0311. The molecule has 1 fully saturated rings. The van der Waals surface area contributed by atoms with Gasteiger partial charge in [-0.05, 0) is 31.2 Å². The first-order valence-electron chi connectivity index (χ1n) is 7.66. The molecule has 2 heterocycles. The lowest BCUT2D eigenvalue weighted by Crippen LogP contribution is -2.17. The molecule has 1 aliphatic rings. The van der Waals surface area contributed by atoms with Crippen molar-refractivity contribution in [3.05, 3.63) is 50.5 Å². The summed E-state index contributed by atoms with van der Waals surface area (Å²) in [5, 5.41) is 6.07. The van der Waals surface area contributed by atoms with Crippen LogP contribution in [0.25, 0.3) is 6.08 Å². The number of ether oxygens (including phenoxy) is 1. The zero-order valence-corrected chi connectivity index (χ0v) is 16.9. The summed E-state index contributed by atoms with van der Waals surface area (Å²) in [7, 11) is 0. The lowest BCUT2D eigenvalue weighted by molar-refractivity contribution is -0.115. The SMILES string of the molecule is CCOC(=O)c1c(Nc2ccc(Cl)cc2)oc(/C=C2/SC(=S)NC2=O)c1Cl. The lowest BCUT2D eigenvalue weighted by Gasteiger charge is -2.06. The number of carbonyl (C=O) groups excluding carboxylic acids is 2. The van der Waals surface area contributed by atoms with Gasteiger partial charge in [-0.2, -0.15) is 0 Å². The van der Waals surface area contributed by atoms with Crippen LogP contribution < -0.4 is 10.6 Å². The van der Waals surface area contributed by atoms with Crippen molar-refractivity contribution >= 4 is 81.0 Å². The Hall–Kier alpha value is -2.00. The third-order valence-electron chi connectivity index (χ3n) is 3.36. The number of halogens is 2. The fraction of sp³-hybridized carbons (Fsp3) is 0.118. The molecule has 0 atom stereocenters. The maximum absolute atomic E-state index is 12.3. The molecule has 27 heavy (non-hydrogen) atoms. The van der Waals surface area contributed by atoms with Gasteiger partial charge >= 0.3 is 5.97 Å². The smallest absolute Gasteiger partial charge is 0.345 e. The van der Waals surface area contributed by atoms with Crippen LogP contribution in [0.15, 0.2) is 33.6 Å². The summed E-state index contributed by atoms with van der Waals surface area (Å²) in [6, 6.07) is 6.79. The number of carbonyl (C=O) groups is 2. The molecule has 1 saturated heterocycles. The van der Waals surface area contributed by atoms with E-state index in [2.05, 4.69) is 10.6 Å². The van der Waals surface area contributed by atoms with Gasteiger partial charge in [0.05, 0.1) is 11.5 Å².